The van der Waals surface area contributed by atoms with E-state index in [1.165, 1.54) is 0 Å². The summed E-state index contributed by atoms with van der Waals surface area (Å²) in [5, 5.41) is 3.83. The maximum atomic E-state index is 12.5. The second-order valence-corrected chi connectivity index (χ2v) is 7.07. The van der Waals surface area contributed by atoms with Gasteiger partial charge in [-0.2, -0.15) is 0 Å². The number of carbonyl (C=O) groups is 2. The number of carbonyl (C=O) groups excluding carboxylic acids is 2. The van der Waals surface area contributed by atoms with E-state index in [-0.39, 0.29) is 24.3 Å². The molecule has 132 valence electrons. The Balaban J connectivity index is 1.38. The minimum atomic E-state index is -0.0867. The molecular formula is C21H19ClN2O2. The number of hydrogen-bond acceptors (Lipinski definition) is 2. The van der Waals surface area contributed by atoms with Crippen molar-refractivity contribution in [2.75, 3.05) is 6.54 Å². The first-order valence-corrected chi connectivity index (χ1v) is 9.11. The van der Waals surface area contributed by atoms with Gasteiger partial charge in [-0.05, 0) is 36.1 Å². The molecular weight excluding hydrogens is 348 g/mol. The first-order valence-electron chi connectivity index (χ1n) is 8.73. The number of fused-ring (bicyclic) bond motifs is 2. The molecule has 1 unspecified atom stereocenters. The summed E-state index contributed by atoms with van der Waals surface area (Å²) < 4.78 is 0. The predicted octanol–water partition coefficient (Wildman–Crippen LogP) is 3.96. The third-order valence-corrected chi connectivity index (χ3v) is 5.50. The quantitative estimate of drug-likeness (QED) is 0.890. The first kappa shape index (κ1) is 16.9. The van der Waals surface area contributed by atoms with Crippen LogP contribution in [0, 0.1) is 0 Å². The molecule has 1 aliphatic heterocycles. The van der Waals surface area contributed by atoms with Crippen LogP contribution in [0.15, 0.2) is 49.0 Å². The first-order chi connectivity index (χ1) is 12.6. The van der Waals surface area contributed by atoms with Gasteiger partial charge in [0.1, 0.15) is 0 Å². The smallest absolute Gasteiger partial charge is 0.258 e. The lowest BCUT2D eigenvalue weighted by atomic mass is 10.1. The van der Waals surface area contributed by atoms with E-state index < -0.39 is 0 Å². The van der Waals surface area contributed by atoms with Crippen LogP contribution in [0.25, 0.3) is 5.70 Å². The maximum absolute atomic E-state index is 12.5. The number of nitrogens with one attached hydrogen (secondary N) is 1. The second kappa shape index (κ2) is 6.61. The number of amides is 2. The zero-order chi connectivity index (χ0) is 18.3. The highest BCUT2D eigenvalue weighted by Crippen LogP contribution is 2.35. The molecule has 2 aromatic rings. The molecule has 4 rings (SSSR count). The van der Waals surface area contributed by atoms with E-state index in [9.17, 15) is 9.59 Å². The van der Waals surface area contributed by atoms with E-state index in [0.29, 0.717) is 17.8 Å². The topological polar surface area (TPSA) is 49.4 Å². The van der Waals surface area contributed by atoms with Crippen molar-refractivity contribution >= 4 is 29.1 Å². The standard InChI is InChI=1S/C21H19ClN2O2/c1-13-14-5-2-3-6-17(14)21(26)24(13)12-11-20(25)23-19-10-9-15-16(19)7-4-8-18(15)22/h2-8,19H,1,9-12H2,(H,23,25). The average molecular weight is 367 g/mol. The summed E-state index contributed by atoms with van der Waals surface area (Å²) in [5.74, 6) is -0.157. The van der Waals surface area contributed by atoms with Crippen LogP contribution < -0.4 is 5.32 Å². The Hall–Kier alpha value is -2.59. The number of hydrogen-bond donors (Lipinski definition) is 1. The van der Waals surface area contributed by atoms with Crippen LogP contribution in [-0.4, -0.2) is 23.3 Å². The summed E-state index contributed by atoms with van der Waals surface area (Å²) >= 11 is 6.23. The molecule has 2 aromatic carbocycles. The highest BCUT2D eigenvalue weighted by atomic mass is 35.5. The lowest BCUT2D eigenvalue weighted by molar-refractivity contribution is -0.121. The molecule has 2 aliphatic rings. The molecule has 0 saturated heterocycles. The Morgan fingerprint density at radius 1 is 1.19 bits per heavy atom. The minimum Gasteiger partial charge on any atom is -0.349 e. The summed E-state index contributed by atoms with van der Waals surface area (Å²) in [4.78, 5) is 26.5. The highest BCUT2D eigenvalue weighted by Gasteiger charge is 2.31. The second-order valence-electron chi connectivity index (χ2n) is 6.67. The van der Waals surface area contributed by atoms with Gasteiger partial charge in [-0.1, -0.05) is 48.5 Å². The van der Waals surface area contributed by atoms with Crippen LogP contribution in [-0.2, 0) is 11.2 Å². The van der Waals surface area contributed by atoms with Gasteiger partial charge < -0.3 is 10.2 Å². The summed E-state index contributed by atoms with van der Waals surface area (Å²) in [6.45, 7) is 4.33. The third kappa shape index (κ3) is 2.80. The Labute approximate surface area is 157 Å². The van der Waals surface area contributed by atoms with Gasteiger partial charge in [0, 0.05) is 34.8 Å². The predicted molar refractivity (Wildman–Crippen MR) is 102 cm³/mol. The fourth-order valence-electron chi connectivity index (χ4n) is 3.81. The lowest BCUT2D eigenvalue weighted by Crippen LogP contribution is -2.32. The molecule has 1 aliphatic carbocycles. The van der Waals surface area contributed by atoms with Gasteiger partial charge in [-0.15, -0.1) is 0 Å². The summed E-state index contributed by atoms with van der Waals surface area (Å²) in [6.07, 6.45) is 1.97. The molecule has 2 amide bonds. The fourth-order valence-corrected chi connectivity index (χ4v) is 4.09. The normalized spacial score (nSPS) is 18.0. The van der Waals surface area contributed by atoms with Crippen molar-refractivity contribution in [3.05, 3.63) is 76.3 Å². The molecule has 1 atom stereocenters. The van der Waals surface area contributed by atoms with Crippen LogP contribution in [0.1, 0.15) is 45.9 Å². The van der Waals surface area contributed by atoms with Crippen molar-refractivity contribution in [3.63, 3.8) is 0 Å². The Kier molecular flexibility index (Phi) is 4.29. The van der Waals surface area contributed by atoms with Gasteiger partial charge in [-0.3, -0.25) is 9.59 Å². The van der Waals surface area contributed by atoms with Crippen LogP contribution in [0.2, 0.25) is 5.02 Å². The fraction of sp³-hybridized carbons (Fsp3) is 0.238. The number of benzene rings is 2. The molecule has 0 radical (unpaired) electrons. The van der Waals surface area contributed by atoms with Crippen LogP contribution in [0.3, 0.4) is 0 Å². The number of halogens is 1. The van der Waals surface area contributed by atoms with E-state index in [4.69, 9.17) is 11.6 Å². The SMILES string of the molecule is C=C1c2ccccc2C(=O)N1CCC(=O)NC1CCc2c(Cl)cccc21. The van der Waals surface area contributed by atoms with E-state index in [1.807, 2.05) is 36.4 Å². The van der Waals surface area contributed by atoms with Gasteiger partial charge >= 0.3 is 0 Å². The molecule has 0 aromatic heterocycles. The zero-order valence-corrected chi connectivity index (χ0v) is 15.1. The molecule has 0 fully saturated rings. The largest absolute Gasteiger partial charge is 0.349 e. The van der Waals surface area contributed by atoms with Crippen molar-refractivity contribution in [1.82, 2.24) is 10.2 Å². The van der Waals surface area contributed by atoms with E-state index in [1.54, 1.807) is 11.0 Å². The van der Waals surface area contributed by atoms with Crippen molar-refractivity contribution in [2.45, 2.75) is 25.3 Å². The zero-order valence-electron chi connectivity index (χ0n) is 14.3. The van der Waals surface area contributed by atoms with Crippen molar-refractivity contribution in [3.8, 4) is 0 Å². The molecule has 5 heteroatoms. The van der Waals surface area contributed by atoms with Crippen molar-refractivity contribution in [1.29, 1.82) is 0 Å². The van der Waals surface area contributed by atoms with Crippen molar-refractivity contribution in [2.24, 2.45) is 0 Å². The van der Waals surface area contributed by atoms with Gasteiger partial charge in [0.2, 0.25) is 5.91 Å². The molecule has 0 saturated carbocycles. The molecule has 0 bridgehead atoms. The number of rotatable bonds is 4. The monoisotopic (exact) mass is 366 g/mol. The van der Waals surface area contributed by atoms with Crippen LogP contribution >= 0.6 is 11.6 Å². The molecule has 1 N–H and O–H groups in total. The summed E-state index contributed by atoms with van der Waals surface area (Å²) in [6, 6.07) is 13.2. The lowest BCUT2D eigenvalue weighted by Gasteiger charge is -2.19. The molecule has 1 heterocycles. The summed E-state index contributed by atoms with van der Waals surface area (Å²) in [7, 11) is 0. The van der Waals surface area contributed by atoms with Crippen LogP contribution in [0.5, 0.6) is 0 Å². The third-order valence-electron chi connectivity index (χ3n) is 5.15. The summed E-state index contributed by atoms with van der Waals surface area (Å²) in [5.41, 5.74) is 4.38. The minimum absolute atomic E-state index is 0.00845. The van der Waals surface area contributed by atoms with Gasteiger partial charge in [0.05, 0.1) is 6.04 Å². The van der Waals surface area contributed by atoms with E-state index >= 15 is 0 Å². The van der Waals surface area contributed by atoms with E-state index in [2.05, 4.69) is 11.9 Å². The average Bonchev–Trinajstić information content (AvgIpc) is 3.15. The Morgan fingerprint density at radius 3 is 2.73 bits per heavy atom. The van der Waals surface area contributed by atoms with Crippen LogP contribution in [0.4, 0.5) is 0 Å². The van der Waals surface area contributed by atoms with E-state index in [0.717, 1.165) is 34.6 Å². The molecule has 0 spiro atoms. The maximum Gasteiger partial charge on any atom is 0.258 e. The molecule has 4 nitrogen and oxygen atoms in total. The van der Waals surface area contributed by atoms with Gasteiger partial charge in [-0.25, -0.2) is 0 Å². The molecule has 26 heavy (non-hydrogen) atoms. The van der Waals surface area contributed by atoms with Gasteiger partial charge in [0.15, 0.2) is 0 Å². The Bertz CT molecular complexity index is 887. The van der Waals surface area contributed by atoms with Gasteiger partial charge in [0.25, 0.3) is 5.91 Å². The number of nitrogens with zero attached hydrogens (tertiary/aromatic N) is 1. The highest BCUT2D eigenvalue weighted by molar-refractivity contribution is 6.31. The Morgan fingerprint density at radius 2 is 1.96 bits per heavy atom. The van der Waals surface area contributed by atoms with Crippen molar-refractivity contribution < 1.29 is 9.59 Å².